The molecule has 1 rings (SSSR count). The first kappa shape index (κ1) is 4.26. The van der Waals surface area contributed by atoms with Gasteiger partial charge >= 0.3 is 8.56 Å². The summed E-state index contributed by atoms with van der Waals surface area (Å²) in [5.74, 6) is 0. The zero-order chi connectivity index (χ0) is 4.62. The fraction of sp³-hybridized carbons (Fsp3) is 1.00. The van der Waals surface area contributed by atoms with E-state index in [0.29, 0.717) is 0 Å². The average Bonchev–Trinajstić information content (AvgIpc) is 1.32. The minimum Gasteiger partial charge on any atom is -0.220 e. The normalized spacial score (nSPS) is 29.0. The lowest BCUT2D eigenvalue weighted by Gasteiger charge is -2.26. The monoisotopic (exact) mass is 106 g/mol. The first-order valence-electron chi connectivity index (χ1n) is 1.74. The summed E-state index contributed by atoms with van der Waals surface area (Å²) in [6.07, 6.45) is 0. The molecular formula is C2H6O3Si. The highest BCUT2D eigenvalue weighted by atomic mass is 28.4. The molecule has 0 saturated carbocycles. The Bertz CT molecular complexity index is 55.8. The highest BCUT2D eigenvalue weighted by Crippen LogP contribution is 2.16. The lowest BCUT2D eigenvalue weighted by molar-refractivity contribution is -0.516. The third kappa shape index (κ3) is 0.599. The molecular weight excluding hydrogens is 100 g/mol. The molecule has 0 aromatic carbocycles. The van der Waals surface area contributed by atoms with Crippen LogP contribution in [-0.2, 0) is 14.2 Å². The second-order valence-electron chi connectivity index (χ2n) is 1.63. The van der Waals surface area contributed by atoms with Crippen LogP contribution in [-0.4, -0.2) is 8.56 Å². The summed E-state index contributed by atoms with van der Waals surface area (Å²) in [7, 11) is -1.67. The number of hydrogen-bond acceptors (Lipinski definition) is 3. The summed E-state index contributed by atoms with van der Waals surface area (Å²) in [6, 6.07) is 0. The Hall–Kier alpha value is 0.0969. The van der Waals surface area contributed by atoms with Gasteiger partial charge < -0.3 is 0 Å². The molecule has 0 amide bonds. The SMILES string of the molecule is C[Si]1(C)OOO1. The van der Waals surface area contributed by atoms with E-state index in [1.807, 2.05) is 13.1 Å². The van der Waals surface area contributed by atoms with Crippen LogP contribution in [0.3, 0.4) is 0 Å². The molecule has 0 aromatic heterocycles. The van der Waals surface area contributed by atoms with Crippen LogP contribution < -0.4 is 0 Å². The minimum absolute atomic E-state index is 1.67. The molecule has 0 bridgehead atoms. The zero-order valence-electron chi connectivity index (χ0n) is 3.72. The fourth-order valence-corrected chi connectivity index (χ4v) is 0.510. The molecule has 0 aliphatic carbocycles. The van der Waals surface area contributed by atoms with Gasteiger partial charge in [-0.2, -0.15) is 0 Å². The van der Waals surface area contributed by atoms with E-state index in [2.05, 4.69) is 14.2 Å². The van der Waals surface area contributed by atoms with Crippen LogP contribution in [0.4, 0.5) is 0 Å². The maximum absolute atomic E-state index is 4.53. The summed E-state index contributed by atoms with van der Waals surface area (Å²) in [5, 5.41) is 4.00. The molecule has 0 atom stereocenters. The van der Waals surface area contributed by atoms with Gasteiger partial charge in [0.05, 0.1) is 0 Å². The van der Waals surface area contributed by atoms with Crippen LogP contribution in [0.2, 0.25) is 13.1 Å². The molecule has 1 heterocycles. The van der Waals surface area contributed by atoms with Gasteiger partial charge in [-0.05, 0) is 13.1 Å². The molecule has 1 saturated heterocycles. The van der Waals surface area contributed by atoms with Crippen LogP contribution >= 0.6 is 0 Å². The van der Waals surface area contributed by atoms with E-state index in [1.165, 1.54) is 0 Å². The van der Waals surface area contributed by atoms with E-state index in [1.54, 1.807) is 0 Å². The van der Waals surface area contributed by atoms with Gasteiger partial charge in [0.25, 0.3) is 0 Å². The maximum Gasteiger partial charge on any atom is 0.411 e. The molecule has 0 radical (unpaired) electrons. The largest absolute Gasteiger partial charge is 0.411 e. The van der Waals surface area contributed by atoms with E-state index in [9.17, 15) is 0 Å². The van der Waals surface area contributed by atoms with E-state index < -0.39 is 8.56 Å². The number of hydrogen-bond donors (Lipinski definition) is 0. The van der Waals surface area contributed by atoms with Crippen molar-refractivity contribution in [3.63, 3.8) is 0 Å². The summed E-state index contributed by atoms with van der Waals surface area (Å²) < 4.78 is 9.07. The topological polar surface area (TPSA) is 27.7 Å². The van der Waals surface area contributed by atoms with Gasteiger partial charge in [-0.1, -0.05) is 5.04 Å². The molecule has 3 nitrogen and oxygen atoms in total. The van der Waals surface area contributed by atoms with Crippen LogP contribution in [0.25, 0.3) is 0 Å². The Labute approximate surface area is 36.9 Å². The van der Waals surface area contributed by atoms with Crippen molar-refractivity contribution in [3.8, 4) is 0 Å². The van der Waals surface area contributed by atoms with Gasteiger partial charge in [-0.3, -0.25) is 0 Å². The van der Waals surface area contributed by atoms with Gasteiger partial charge in [0.1, 0.15) is 0 Å². The quantitative estimate of drug-likeness (QED) is 0.334. The summed E-state index contributed by atoms with van der Waals surface area (Å²) >= 11 is 0. The Kier molecular flexibility index (Phi) is 0.734. The Morgan fingerprint density at radius 3 is 1.50 bits per heavy atom. The van der Waals surface area contributed by atoms with Gasteiger partial charge in [0.2, 0.25) is 0 Å². The van der Waals surface area contributed by atoms with Crippen molar-refractivity contribution in [2.75, 3.05) is 0 Å². The highest BCUT2D eigenvalue weighted by Gasteiger charge is 2.37. The van der Waals surface area contributed by atoms with Crippen LogP contribution in [0.15, 0.2) is 0 Å². The Morgan fingerprint density at radius 2 is 1.50 bits per heavy atom. The summed E-state index contributed by atoms with van der Waals surface area (Å²) in [4.78, 5) is 0. The molecule has 1 fully saturated rings. The molecule has 1 aliphatic rings. The third-order valence-corrected chi connectivity index (χ3v) is 1.41. The fourth-order valence-electron chi connectivity index (χ4n) is 0.170. The third-order valence-electron chi connectivity index (χ3n) is 0.469. The number of rotatable bonds is 0. The van der Waals surface area contributed by atoms with Crippen molar-refractivity contribution >= 4 is 8.56 Å². The first-order chi connectivity index (χ1) is 2.71. The highest BCUT2D eigenvalue weighted by molar-refractivity contribution is 6.65. The van der Waals surface area contributed by atoms with Crippen LogP contribution in [0.5, 0.6) is 0 Å². The maximum atomic E-state index is 4.53. The molecule has 36 valence electrons. The minimum atomic E-state index is -1.67. The van der Waals surface area contributed by atoms with Crippen LogP contribution in [0, 0.1) is 0 Å². The van der Waals surface area contributed by atoms with Gasteiger partial charge in [-0.25, -0.2) is 9.15 Å². The smallest absolute Gasteiger partial charge is 0.220 e. The molecule has 0 spiro atoms. The second-order valence-corrected chi connectivity index (χ2v) is 4.77. The second kappa shape index (κ2) is 1.03. The van der Waals surface area contributed by atoms with E-state index in [4.69, 9.17) is 0 Å². The van der Waals surface area contributed by atoms with Crippen molar-refractivity contribution in [2.24, 2.45) is 0 Å². The summed E-state index contributed by atoms with van der Waals surface area (Å²) in [5.41, 5.74) is 0. The lowest BCUT2D eigenvalue weighted by atomic mass is 11.9. The molecule has 0 N–H and O–H groups in total. The zero-order valence-corrected chi connectivity index (χ0v) is 4.72. The van der Waals surface area contributed by atoms with Crippen molar-refractivity contribution in [2.45, 2.75) is 13.1 Å². The van der Waals surface area contributed by atoms with E-state index >= 15 is 0 Å². The average molecular weight is 106 g/mol. The van der Waals surface area contributed by atoms with Crippen LogP contribution in [0.1, 0.15) is 0 Å². The first-order valence-corrected chi connectivity index (χ1v) is 4.56. The van der Waals surface area contributed by atoms with Gasteiger partial charge in [0.15, 0.2) is 0 Å². The molecule has 0 unspecified atom stereocenters. The van der Waals surface area contributed by atoms with E-state index in [0.717, 1.165) is 0 Å². The molecule has 4 heteroatoms. The Morgan fingerprint density at radius 1 is 1.17 bits per heavy atom. The molecule has 0 aromatic rings. The molecule has 1 aliphatic heterocycles. The standard InChI is InChI=1S/C2H6O3Si/c1-6(2)4-3-5-6/h1-2H3. The summed E-state index contributed by atoms with van der Waals surface area (Å²) in [6.45, 7) is 3.80. The van der Waals surface area contributed by atoms with E-state index in [-0.39, 0.29) is 0 Å². The van der Waals surface area contributed by atoms with Crippen molar-refractivity contribution in [3.05, 3.63) is 0 Å². The lowest BCUT2D eigenvalue weighted by Crippen LogP contribution is -2.44. The van der Waals surface area contributed by atoms with Gasteiger partial charge in [-0.15, -0.1) is 0 Å². The van der Waals surface area contributed by atoms with Gasteiger partial charge in [0, 0.05) is 0 Å². The van der Waals surface area contributed by atoms with Crippen molar-refractivity contribution in [1.29, 1.82) is 0 Å². The predicted molar refractivity (Wildman–Crippen MR) is 20.7 cm³/mol. The predicted octanol–water partition coefficient (Wildman–Crippen LogP) is 0.582. The van der Waals surface area contributed by atoms with Crippen molar-refractivity contribution < 1.29 is 14.2 Å². The molecule has 6 heavy (non-hydrogen) atoms. The van der Waals surface area contributed by atoms with Crippen molar-refractivity contribution in [1.82, 2.24) is 0 Å². The Balaban J connectivity index is 2.31.